The van der Waals surface area contributed by atoms with Crippen molar-refractivity contribution in [2.75, 3.05) is 23.3 Å². The third kappa shape index (κ3) is 3.24. The Morgan fingerprint density at radius 2 is 1.81 bits per heavy atom. The van der Waals surface area contributed by atoms with Gasteiger partial charge in [0, 0.05) is 30.0 Å². The highest BCUT2D eigenvalue weighted by atomic mass is 16.1. The number of nitrogens with one attached hydrogen (secondary N) is 1. The zero-order chi connectivity index (χ0) is 14.7. The van der Waals surface area contributed by atoms with Crippen LogP contribution in [0.2, 0.25) is 0 Å². The van der Waals surface area contributed by atoms with Crippen LogP contribution in [0.25, 0.3) is 0 Å². The highest BCUT2D eigenvalue weighted by molar-refractivity contribution is 6.04. The van der Waals surface area contributed by atoms with E-state index in [1.54, 1.807) is 0 Å². The monoisotopic (exact) mass is 280 g/mol. The Morgan fingerprint density at radius 3 is 2.57 bits per heavy atom. The highest BCUT2D eigenvalue weighted by Gasteiger charge is 2.13. The Labute approximate surface area is 125 Å². The molecule has 0 atom stereocenters. The number of rotatable bonds is 3. The van der Waals surface area contributed by atoms with E-state index in [1.165, 1.54) is 18.5 Å². The third-order valence-electron chi connectivity index (χ3n) is 3.86. The maximum absolute atomic E-state index is 12.3. The number of amides is 1. The Bertz CT molecular complexity index is 645. The summed E-state index contributed by atoms with van der Waals surface area (Å²) in [5.74, 6) is -0.0581. The molecule has 3 nitrogen and oxygen atoms in total. The van der Waals surface area contributed by atoms with Gasteiger partial charge in [-0.2, -0.15) is 0 Å². The fraction of sp³-hybridized carbons (Fsp3) is 0.278. The van der Waals surface area contributed by atoms with Gasteiger partial charge in [-0.1, -0.05) is 23.8 Å². The van der Waals surface area contributed by atoms with Crippen LogP contribution in [0.3, 0.4) is 0 Å². The number of aryl methyl sites for hydroxylation is 1. The van der Waals surface area contributed by atoms with Crippen molar-refractivity contribution in [2.24, 2.45) is 0 Å². The van der Waals surface area contributed by atoms with Crippen molar-refractivity contribution in [3.63, 3.8) is 0 Å². The molecule has 0 unspecified atom stereocenters. The van der Waals surface area contributed by atoms with E-state index in [0.29, 0.717) is 5.56 Å². The molecule has 2 aromatic carbocycles. The van der Waals surface area contributed by atoms with Crippen LogP contribution in [0.15, 0.2) is 48.5 Å². The largest absolute Gasteiger partial charge is 0.371 e. The number of carbonyl (C=O) groups is 1. The molecule has 1 aliphatic rings. The van der Waals surface area contributed by atoms with Crippen molar-refractivity contribution >= 4 is 17.3 Å². The quantitative estimate of drug-likeness (QED) is 0.926. The van der Waals surface area contributed by atoms with E-state index in [4.69, 9.17) is 0 Å². The van der Waals surface area contributed by atoms with Crippen molar-refractivity contribution in [2.45, 2.75) is 19.8 Å². The van der Waals surface area contributed by atoms with E-state index in [2.05, 4.69) is 22.3 Å². The summed E-state index contributed by atoms with van der Waals surface area (Å²) in [5.41, 5.74) is 3.83. The zero-order valence-corrected chi connectivity index (χ0v) is 12.3. The van der Waals surface area contributed by atoms with Crippen LogP contribution in [0.1, 0.15) is 28.8 Å². The molecule has 1 fully saturated rings. The van der Waals surface area contributed by atoms with Crippen LogP contribution < -0.4 is 10.2 Å². The van der Waals surface area contributed by atoms with Gasteiger partial charge in [-0.15, -0.1) is 0 Å². The first-order chi connectivity index (χ1) is 10.2. The predicted molar refractivity (Wildman–Crippen MR) is 87.0 cm³/mol. The fourth-order valence-corrected chi connectivity index (χ4v) is 2.75. The number of hydrogen-bond donors (Lipinski definition) is 1. The average molecular weight is 280 g/mol. The molecular weight excluding hydrogens is 260 g/mol. The zero-order valence-electron chi connectivity index (χ0n) is 12.3. The molecule has 1 aliphatic heterocycles. The number of benzene rings is 2. The molecule has 0 aliphatic carbocycles. The van der Waals surface area contributed by atoms with Gasteiger partial charge in [0.15, 0.2) is 0 Å². The van der Waals surface area contributed by atoms with Gasteiger partial charge in [0.2, 0.25) is 0 Å². The summed E-state index contributed by atoms with van der Waals surface area (Å²) in [7, 11) is 0. The van der Waals surface area contributed by atoms with E-state index in [9.17, 15) is 4.79 Å². The minimum Gasteiger partial charge on any atom is -0.371 e. The average Bonchev–Trinajstić information content (AvgIpc) is 3.02. The van der Waals surface area contributed by atoms with Crippen molar-refractivity contribution in [3.8, 4) is 0 Å². The van der Waals surface area contributed by atoms with Gasteiger partial charge in [-0.3, -0.25) is 4.79 Å². The molecule has 3 heteroatoms. The predicted octanol–water partition coefficient (Wildman–Crippen LogP) is 3.85. The van der Waals surface area contributed by atoms with Crippen LogP contribution in [-0.2, 0) is 0 Å². The summed E-state index contributed by atoms with van der Waals surface area (Å²) < 4.78 is 0. The number of anilines is 2. The summed E-state index contributed by atoms with van der Waals surface area (Å²) in [6, 6.07) is 15.7. The minimum atomic E-state index is -0.0581. The van der Waals surface area contributed by atoms with Gasteiger partial charge in [-0.25, -0.2) is 0 Å². The van der Waals surface area contributed by atoms with Crippen LogP contribution in [0, 0.1) is 6.92 Å². The Balaban J connectivity index is 1.75. The van der Waals surface area contributed by atoms with Gasteiger partial charge < -0.3 is 10.2 Å². The maximum Gasteiger partial charge on any atom is 0.255 e. The summed E-state index contributed by atoms with van der Waals surface area (Å²) in [4.78, 5) is 14.6. The lowest BCUT2D eigenvalue weighted by molar-refractivity contribution is 0.102. The van der Waals surface area contributed by atoms with Crippen molar-refractivity contribution in [1.29, 1.82) is 0 Å². The second-order valence-corrected chi connectivity index (χ2v) is 5.57. The maximum atomic E-state index is 12.3. The second kappa shape index (κ2) is 6.00. The molecule has 2 aromatic rings. The molecule has 0 aromatic heterocycles. The normalized spacial score (nSPS) is 14.2. The molecule has 0 saturated carbocycles. The molecule has 21 heavy (non-hydrogen) atoms. The van der Waals surface area contributed by atoms with Gasteiger partial charge >= 0.3 is 0 Å². The minimum absolute atomic E-state index is 0.0581. The molecule has 1 saturated heterocycles. The van der Waals surface area contributed by atoms with Gasteiger partial charge in [-0.05, 0) is 50.1 Å². The molecule has 1 heterocycles. The molecule has 1 N–H and O–H groups in total. The van der Waals surface area contributed by atoms with Crippen LogP contribution in [0.5, 0.6) is 0 Å². The molecule has 0 radical (unpaired) electrons. The summed E-state index contributed by atoms with van der Waals surface area (Å²) >= 11 is 0. The lowest BCUT2D eigenvalue weighted by Crippen LogP contribution is -2.18. The van der Waals surface area contributed by atoms with Crippen molar-refractivity contribution < 1.29 is 4.79 Å². The van der Waals surface area contributed by atoms with Gasteiger partial charge in [0.1, 0.15) is 0 Å². The molecule has 1 amide bonds. The molecule has 3 rings (SSSR count). The fourth-order valence-electron chi connectivity index (χ4n) is 2.75. The Kier molecular flexibility index (Phi) is 3.91. The smallest absolute Gasteiger partial charge is 0.255 e. The number of hydrogen-bond acceptors (Lipinski definition) is 2. The summed E-state index contributed by atoms with van der Waals surface area (Å²) in [6.07, 6.45) is 2.50. The number of nitrogens with zero attached hydrogens (tertiary/aromatic N) is 1. The van der Waals surface area contributed by atoms with Crippen LogP contribution in [0.4, 0.5) is 11.4 Å². The van der Waals surface area contributed by atoms with Crippen molar-refractivity contribution in [1.82, 2.24) is 0 Å². The van der Waals surface area contributed by atoms with Crippen LogP contribution in [-0.4, -0.2) is 19.0 Å². The first kappa shape index (κ1) is 13.7. The van der Waals surface area contributed by atoms with E-state index < -0.39 is 0 Å². The highest BCUT2D eigenvalue weighted by Crippen LogP contribution is 2.23. The Hall–Kier alpha value is -2.29. The summed E-state index contributed by atoms with van der Waals surface area (Å²) in [6.45, 7) is 4.20. The van der Waals surface area contributed by atoms with Gasteiger partial charge in [0.25, 0.3) is 5.91 Å². The lowest BCUT2D eigenvalue weighted by atomic mass is 10.1. The molecular formula is C18H20N2O. The van der Waals surface area contributed by atoms with Crippen molar-refractivity contribution in [3.05, 3.63) is 59.7 Å². The van der Waals surface area contributed by atoms with E-state index >= 15 is 0 Å². The topological polar surface area (TPSA) is 32.3 Å². The third-order valence-corrected chi connectivity index (χ3v) is 3.86. The molecule has 0 spiro atoms. The summed E-state index contributed by atoms with van der Waals surface area (Å²) in [5, 5.41) is 2.98. The first-order valence-corrected chi connectivity index (χ1v) is 7.45. The SMILES string of the molecule is Cc1cccc(C(=O)Nc2cccc(N3CCCC3)c2)c1. The lowest BCUT2D eigenvalue weighted by Gasteiger charge is -2.18. The second-order valence-electron chi connectivity index (χ2n) is 5.57. The van der Waals surface area contributed by atoms with Crippen LogP contribution >= 0.6 is 0 Å². The van der Waals surface area contributed by atoms with E-state index in [1.807, 2.05) is 43.3 Å². The Morgan fingerprint density at radius 1 is 1.05 bits per heavy atom. The van der Waals surface area contributed by atoms with E-state index in [-0.39, 0.29) is 5.91 Å². The van der Waals surface area contributed by atoms with Gasteiger partial charge in [0.05, 0.1) is 0 Å². The van der Waals surface area contributed by atoms with E-state index in [0.717, 1.165) is 24.3 Å². The molecule has 0 bridgehead atoms. The molecule has 108 valence electrons. The standard InChI is InChI=1S/C18H20N2O/c1-14-6-4-7-15(12-14)18(21)19-16-8-5-9-17(13-16)20-10-2-3-11-20/h4-9,12-13H,2-3,10-11H2,1H3,(H,19,21). The number of carbonyl (C=O) groups excluding carboxylic acids is 1. The first-order valence-electron chi connectivity index (χ1n) is 7.45.